The first-order chi connectivity index (χ1) is 17.3. The topological polar surface area (TPSA) is 155 Å². The van der Waals surface area contributed by atoms with E-state index in [0.717, 1.165) is 0 Å². The van der Waals surface area contributed by atoms with Crippen LogP contribution in [0.3, 0.4) is 0 Å². The van der Waals surface area contributed by atoms with Gasteiger partial charge in [-0.2, -0.15) is 0 Å². The van der Waals surface area contributed by atoms with E-state index < -0.39 is 36.0 Å². The number of carbonyl (C=O) groups is 5. The summed E-state index contributed by atoms with van der Waals surface area (Å²) in [5.41, 5.74) is 0. The van der Waals surface area contributed by atoms with Crippen LogP contribution in [-0.2, 0) is 23.9 Å². The molecule has 0 unspecified atom stereocenters. The van der Waals surface area contributed by atoms with Crippen LogP contribution < -0.4 is 26.6 Å². The molecule has 0 radical (unpaired) electrons. The van der Waals surface area contributed by atoms with E-state index in [0.29, 0.717) is 32.2 Å². The number of urea groups is 1. The summed E-state index contributed by atoms with van der Waals surface area (Å²) in [6.45, 7) is 11.6. The zero-order valence-electron chi connectivity index (χ0n) is 23.2. The first kappa shape index (κ1) is 31.9. The highest BCUT2D eigenvalue weighted by Gasteiger charge is 2.31. The predicted octanol–water partition coefficient (Wildman–Crippen LogP) is 1.38. The van der Waals surface area contributed by atoms with Crippen LogP contribution in [0.15, 0.2) is 12.2 Å². The number of methoxy groups -OCH3 is 1. The molecule has 1 rings (SSSR count). The van der Waals surface area contributed by atoms with Gasteiger partial charge in [0, 0.05) is 18.7 Å². The van der Waals surface area contributed by atoms with Crippen molar-refractivity contribution in [2.75, 3.05) is 13.7 Å². The maximum Gasteiger partial charge on any atom is 0.328 e. The molecule has 0 aromatic heterocycles. The van der Waals surface area contributed by atoms with Crippen LogP contribution >= 0.6 is 0 Å². The average Bonchev–Trinajstić information content (AvgIpc) is 2.81. The molecule has 11 nitrogen and oxygen atoms in total. The number of nitrogens with one attached hydrogen (secondary N) is 5. The largest absolute Gasteiger partial charge is 0.467 e. The van der Waals surface area contributed by atoms with Crippen LogP contribution in [-0.4, -0.2) is 67.5 Å². The molecule has 0 aromatic rings. The second kappa shape index (κ2) is 15.9. The van der Waals surface area contributed by atoms with Crippen LogP contribution in [0.25, 0.3) is 0 Å². The zero-order chi connectivity index (χ0) is 28.1. The van der Waals surface area contributed by atoms with Gasteiger partial charge in [0.15, 0.2) is 0 Å². The lowest BCUT2D eigenvalue weighted by atomic mass is 10.00. The Morgan fingerprint density at radius 2 is 1.62 bits per heavy atom. The molecule has 37 heavy (non-hydrogen) atoms. The lowest BCUT2D eigenvalue weighted by Crippen LogP contribution is -2.59. The van der Waals surface area contributed by atoms with Crippen molar-refractivity contribution < 1.29 is 28.7 Å². The summed E-state index contributed by atoms with van der Waals surface area (Å²) in [5, 5.41) is 13.8. The summed E-state index contributed by atoms with van der Waals surface area (Å²) in [7, 11) is 1.24. The van der Waals surface area contributed by atoms with E-state index in [1.807, 2.05) is 13.8 Å². The molecule has 0 fully saturated rings. The molecule has 0 saturated heterocycles. The minimum absolute atomic E-state index is 0.204. The molecular formula is C26H45N5O6. The van der Waals surface area contributed by atoms with Gasteiger partial charge in [-0.3, -0.25) is 14.4 Å². The highest BCUT2D eigenvalue weighted by Crippen LogP contribution is 2.11. The van der Waals surface area contributed by atoms with Crippen LogP contribution in [0, 0.1) is 17.8 Å². The van der Waals surface area contributed by atoms with Gasteiger partial charge in [0.25, 0.3) is 0 Å². The molecule has 0 aromatic carbocycles. The van der Waals surface area contributed by atoms with Crippen molar-refractivity contribution >= 4 is 29.7 Å². The van der Waals surface area contributed by atoms with Crippen LogP contribution in [0.1, 0.15) is 67.2 Å². The molecule has 1 aliphatic rings. The molecule has 11 heteroatoms. The Labute approximate surface area is 220 Å². The normalized spacial score (nSPS) is 21.6. The number of esters is 1. The molecule has 0 bridgehead atoms. The second-order valence-electron chi connectivity index (χ2n) is 10.5. The molecule has 4 atom stereocenters. The van der Waals surface area contributed by atoms with E-state index in [-0.39, 0.29) is 35.6 Å². The Hall–Kier alpha value is -3.11. The van der Waals surface area contributed by atoms with Gasteiger partial charge in [-0.25, -0.2) is 9.59 Å². The van der Waals surface area contributed by atoms with Crippen molar-refractivity contribution in [2.45, 2.75) is 91.4 Å². The van der Waals surface area contributed by atoms with Crippen molar-refractivity contribution in [1.29, 1.82) is 0 Å². The van der Waals surface area contributed by atoms with Gasteiger partial charge in [-0.15, -0.1) is 0 Å². The Morgan fingerprint density at radius 1 is 1.00 bits per heavy atom. The lowest BCUT2D eigenvalue weighted by Gasteiger charge is -2.28. The molecule has 1 heterocycles. The predicted molar refractivity (Wildman–Crippen MR) is 140 cm³/mol. The van der Waals surface area contributed by atoms with Gasteiger partial charge in [0.1, 0.15) is 18.1 Å². The summed E-state index contributed by atoms with van der Waals surface area (Å²) < 4.78 is 4.75. The monoisotopic (exact) mass is 523 g/mol. The van der Waals surface area contributed by atoms with Gasteiger partial charge in [0.2, 0.25) is 17.7 Å². The zero-order valence-corrected chi connectivity index (χ0v) is 23.2. The van der Waals surface area contributed by atoms with Gasteiger partial charge in [0.05, 0.1) is 7.11 Å². The van der Waals surface area contributed by atoms with Crippen molar-refractivity contribution in [1.82, 2.24) is 26.6 Å². The third kappa shape index (κ3) is 11.7. The highest BCUT2D eigenvalue weighted by molar-refractivity contribution is 5.93. The maximum absolute atomic E-state index is 13.2. The Kier molecular flexibility index (Phi) is 13.7. The summed E-state index contributed by atoms with van der Waals surface area (Å²) in [5.74, 6) is -1.87. The Morgan fingerprint density at radius 3 is 2.19 bits per heavy atom. The van der Waals surface area contributed by atoms with Gasteiger partial charge in [-0.05, 0) is 43.4 Å². The van der Waals surface area contributed by atoms with Crippen molar-refractivity contribution in [2.24, 2.45) is 17.8 Å². The molecule has 0 aliphatic carbocycles. The molecule has 5 amide bonds. The summed E-state index contributed by atoms with van der Waals surface area (Å²) in [6, 6.07) is -3.67. The van der Waals surface area contributed by atoms with E-state index in [1.165, 1.54) is 13.2 Å². The lowest BCUT2D eigenvalue weighted by molar-refractivity contribution is -0.144. The van der Waals surface area contributed by atoms with Crippen molar-refractivity contribution in [3.05, 3.63) is 12.2 Å². The third-order valence-electron chi connectivity index (χ3n) is 6.03. The molecule has 0 saturated carbocycles. The second-order valence-corrected chi connectivity index (χ2v) is 10.5. The van der Waals surface area contributed by atoms with E-state index in [1.54, 1.807) is 33.8 Å². The average molecular weight is 524 g/mol. The van der Waals surface area contributed by atoms with Crippen LogP contribution in [0.5, 0.6) is 0 Å². The summed E-state index contributed by atoms with van der Waals surface area (Å²) in [6.07, 6.45) is 5.35. The number of ether oxygens (including phenoxy) is 1. The van der Waals surface area contributed by atoms with Gasteiger partial charge >= 0.3 is 12.0 Å². The number of carbonyl (C=O) groups excluding carboxylic acids is 5. The number of hydrogen-bond donors (Lipinski definition) is 5. The molecule has 0 spiro atoms. The molecule has 5 N–H and O–H groups in total. The SMILES string of the molecule is COC(=O)[C@@H](NC(=O)N[C@H](C(=O)N[C@H]1CCCCNC(=O)/C=C/[C@H](CC(C)C)NC1=O)C(C)C)C(C)C. The fourth-order valence-electron chi connectivity index (χ4n) is 3.94. The molecule has 1 aliphatic heterocycles. The smallest absolute Gasteiger partial charge is 0.328 e. The van der Waals surface area contributed by atoms with Crippen molar-refractivity contribution in [3.8, 4) is 0 Å². The van der Waals surface area contributed by atoms with E-state index >= 15 is 0 Å². The van der Waals surface area contributed by atoms with E-state index in [9.17, 15) is 24.0 Å². The molecular weight excluding hydrogens is 478 g/mol. The first-order valence-electron chi connectivity index (χ1n) is 13.1. The summed E-state index contributed by atoms with van der Waals surface area (Å²) in [4.78, 5) is 63.0. The van der Waals surface area contributed by atoms with Crippen molar-refractivity contribution in [3.63, 3.8) is 0 Å². The first-order valence-corrected chi connectivity index (χ1v) is 13.1. The Balaban J connectivity index is 2.99. The number of amides is 5. The van der Waals surface area contributed by atoms with E-state index in [4.69, 9.17) is 4.74 Å². The fourth-order valence-corrected chi connectivity index (χ4v) is 3.94. The van der Waals surface area contributed by atoms with Crippen LogP contribution in [0.4, 0.5) is 4.79 Å². The summed E-state index contributed by atoms with van der Waals surface area (Å²) >= 11 is 0. The van der Waals surface area contributed by atoms with Gasteiger partial charge < -0.3 is 31.3 Å². The number of rotatable bonds is 9. The minimum atomic E-state index is -0.940. The minimum Gasteiger partial charge on any atom is -0.467 e. The fraction of sp³-hybridized carbons (Fsp3) is 0.731. The van der Waals surface area contributed by atoms with E-state index in [2.05, 4.69) is 26.6 Å². The quantitative estimate of drug-likeness (QED) is 0.288. The third-order valence-corrected chi connectivity index (χ3v) is 6.03. The Bertz CT molecular complexity index is 826. The highest BCUT2D eigenvalue weighted by atomic mass is 16.5. The molecule has 210 valence electrons. The number of hydrogen-bond acceptors (Lipinski definition) is 6. The maximum atomic E-state index is 13.2. The van der Waals surface area contributed by atoms with Crippen LogP contribution in [0.2, 0.25) is 0 Å². The van der Waals surface area contributed by atoms with Gasteiger partial charge in [-0.1, -0.05) is 47.6 Å². The standard InChI is InChI=1S/C26H45N5O6/c1-15(2)14-18-11-12-20(32)27-13-9-8-10-19(23(33)28-18)29-24(34)21(16(3)4)30-26(36)31-22(17(5)6)25(35)37-7/h11-12,15-19,21-22H,8-10,13-14H2,1-7H3,(H,27,32)(H,28,33)(H,29,34)(H2,30,31,36)/b12-11+/t18-,19+,21+,22+/m1/s1.